The molecule has 0 aromatic rings. The van der Waals surface area contributed by atoms with E-state index >= 15 is 0 Å². The first kappa shape index (κ1) is 13.8. The summed E-state index contributed by atoms with van der Waals surface area (Å²) in [6, 6.07) is 0. The lowest BCUT2D eigenvalue weighted by Crippen LogP contribution is -2.45. The SMILES string of the molecule is CC(O)CCNCC(C)(O)CN(C)C. The Bertz CT molecular complexity index is 147. The Kier molecular flexibility index (Phi) is 6.27. The molecule has 0 aliphatic heterocycles. The van der Waals surface area contributed by atoms with E-state index in [0.29, 0.717) is 13.1 Å². The van der Waals surface area contributed by atoms with Crippen LogP contribution in [0.25, 0.3) is 0 Å². The molecule has 0 aliphatic carbocycles. The van der Waals surface area contributed by atoms with Crippen LogP contribution in [0.1, 0.15) is 20.3 Å². The van der Waals surface area contributed by atoms with Gasteiger partial charge in [-0.1, -0.05) is 0 Å². The van der Waals surface area contributed by atoms with Crippen molar-refractivity contribution in [2.24, 2.45) is 0 Å². The van der Waals surface area contributed by atoms with Gasteiger partial charge in [0.25, 0.3) is 0 Å². The van der Waals surface area contributed by atoms with E-state index in [-0.39, 0.29) is 6.10 Å². The minimum atomic E-state index is -0.706. The Morgan fingerprint density at radius 3 is 2.43 bits per heavy atom. The third kappa shape index (κ3) is 8.44. The van der Waals surface area contributed by atoms with Gasteiger partial charge >= 0.3 is 0 Å². The van der Waals surface area contributed by atoms with Gasteiger partial charge in [-0.3, -0.25) is 0 Å². The van der Waals surface area contributed by atoms with Gasteiger partial charge in [-0.2, -0.15) is 0 Å². The molecule has 0 aromatic heterocycles. The molecule has 86 valence electrons. The van der Waals surface area contributed by atoms with Crippen molar-refractivity contribution < 1.29 is 10.2 Å². The summed E-state index contributed by atoms with van der Waals surface area (Å²) in [7, 11) is 3.87. The number of nitrogens with one attached hydrogen (secondary N) is 1. The summed E-state index contributed by atoms with van der Waals surface area (Å²) in [6.07, 6.45) is 0.444. The van der Waals surface area contributed by atoms with Crippen LogP contribution in [-0.2, 0) is 0 Å². The molecule has 4 heteroatoms. The molecular formula is C10H24N2O2. The monoisotopic (exact) mass is 204 g/mol. The van der Waals surface area contributed by atoms with Crippen LogP contribution in [-0.4, -0.2) is 60.5 Å². The maximum Gasteiger partial charge on any atom is 0.0869 e. The molecule has 0 spiro atoms. The highest BCUT2D eigenvalue weighted by molar-refractivity contribution is 4.77. The fraction of sp³-hybridized carbons (Fsp3) is 1.00. The molecule has 0 radical (unpaired) electrons. The van der Waals surface area contributed by atoms with Crippen molar-refractivity contribution in [2.75, 3.05) is 33.7 Å². The molecule has 0 amide bonds. The first-order valence-electron chi connectivity index (χ1n) is 5.09. The molecular weight excluding hydrogens is 180 g/mol. The third-order valence-electron chi connectivity index (χ3n) is 1.90. The van der Waals surface area contributed by atoms with E-state index < -0.39 is 5.60 Å². The third-order valence-corrected chi connectivity index (χ3v) is 1.90. The van der Waals surface area contributed by atoms with Gasteiger partial charge in [0, 0.05) is 13.1 Å². The predicted octanol–water partition coefficient (Wildman–Crippen LogP) is -0.340. The van der Waals surface area contributed by atoms with Crippen molar-refractivity contribution in [3.63, 3.8) is 0 Å². The molecule has 0 saturated heterocycles. The Morgan fingerprint density at radius 1 is 1.43 bits per heavy atom. The van der Waals surface area contributed by atoms with Gasteiger partial charge in [0.05, 0.1) is 11.7 Å². The summed E-state index contributed by atoms with van der Waals surface area (Å²) in [4.78, 5) is 1.95. The average Bonchev–Trinajstić information content (AvgIpc) is 1.95. The lowest BCUT2D eigenvalue weighted by Gasteiger charge is -2.27. The molecule has 14 heavy (non-hydrogen) atoms. The van der Waals surface area contributed by atoms with Crippen molar-refractivity contribution in [2.45, 2.75) is 32.0 Å². The molecule has 0 bridgehead atoms. The van der Waals surface area contributed by atoms with Crippen LogP contribution in [0.15, 0.2) is 0 Å². The van der Waals surface area contributed by atoms with E-state index in [0.717, 1.165) is 13.0 Å². The van der Waals surface area contributed by atoms with Gasteiger partial charge in [-0.05, 0) is 40.9 Å². The topological polar surface area (TPSA) is 55.7 Å². The first-order chi connectivity index (χ1) is 6.33. The van der Waals surface area contributed by atoms with E-state index in [4.69, 9.17) is 5.11 Å². The lowest BCUT2D eigenvalue weighted by molar-refractivity contribution is 0.0331. The number of rotatable bonds is 7. The average molecular weight is 204 g/mol. The quantitative estimate of drug-likeness (QED) is 0.497. The summed E-state index contributed by atoms with van der Waals surface area (Å²) in [5, 5.41) is 22.0. The minimum absolute atomic E-state index is 0.277. The Balaban J connectivity index is 3.55. The molecule has 2 unspecified atom stereocenters. The highest BCUT2D eigenvalue weighted by Crippen LogP contribution is 2.02. The van der Waals surface area contributed by atoms with Crippen LogP contribution in [0.2, 0.25) is 0 Å². The van der Waals surface area contributed by atoms with Gasteiger partial charge in [-0.25, -0.2) is 0 Å². The van der Waals surface area contributed by atoms with Crippen molar-refractivity contribution in [1.29, 1.82) is 0 Å². The molecule has 0 saturated carbocycles. The second-order valence-corrected chi connectivity index (χ2v) is 4.55. The van der Waals surface area contributed by atoms with Gasteiger partial charge in [0.2, 0.25) is 0 Å². The van der Waals surface area contributed by atoms with Crippen LogP contribution < -0.4 is 5.32 Å². The Labute approximate surface area is 86.9 Å². The highest BCUT2D eigenvalue weighted by Gasteiger charge is 2.20. The molecule has 0 fully saturated rings. The smallest absolute Gasteiger partial charge is 0.0869 e. The van der Waals surface area contributed by atoms with Crippen molar-refractivity contribution in [3.8, 4) is 0 Å². The second kappa shape index (κ2) is 6.35. The summed E-state index contributed by atoms with van der Waals surface area (Å²) in [5.74, 6) is 0. The molecule has 0 heterocycles. The molecule has 3 N–H and O–H groups in total. The fourth-order valence-electron chi connectivity index (χ4n) is 1.41. The van der Waals surface area contributed by atoms with E-state index in [1.807, 2.05) is 25.9 Å². The summed E-state index contributed by atoms with van der Waals surface area (Å²) in [6.45, 7) is 5.50. The van der Waals surface area contributed by atoms with Gasteiger partial charge in [0.15, 0.2) is 0 Å². The number of nitrogens with zero attached hydrogens (tertiary/aromatic N) is 1. The van der Waals surface area contributed by atoms with Crippen molar-refractivity contribution in [1.82, 2.24) is 10.2 Å². The van der Waals surface area contributed by atoms with Gasteiger partial charge in [-0.15, -0.1) is 0 Å². The van der Waals surface area contributed by atoms with Gasteiger partial charge in [0.1, 0.15) is 0 Å². The maximum absolute atomic E-state index is 9.88. The molecule has 4 nitrogen and oxygen atoms in total. The van der Waals surface area contributed by atoms with Crippen molar-refractivity contribution >= 4 is 0 Å². The molecule has 2 atom stereocenters. The number of hydrogen-bond donors (Lipinski definition) is 3. The van der Waals surface area contributed by atoms with Crippen LogP contribution >= 0.6 is 0 Å². The van der Waals surface area contributed by atoms with E-state index in [1.54, 1.807) is 6.92 Å². The zero-order chi connectivity index (χ0) is 11.2. The normalized spacial score (nSPS) is 18.2. The summed E-state index contributed by atoms with van der Waals surface area (Å²) >= 11 is 0. The van der Waals surface area contributed by atoms with E-state index in [2.05, 4.69) is 5.32 Å². The van der Waals surface area contributed by atoms with Crippen LogP contribution in [0.3, 0.4) is 0 Å². The second-order valence-electron chi connectivity index (χ2n) is 4.55. The zero-order valence-electron chi connectivity index (χ0n) is 9.75. The van der Waals surface area contributed by atoms with E-state index in [9.17, 15) is 5.11 Å². The molecule has 0 aliphatic rings. The Morgan fingerprint density at radius 2 is 2.00 bits per heavy atom. The van der Waals surface area contributed by atoms with E-state index in [1.165, 1.54) is 0 Å². The van der Waals surface area contributed by atoms with Crippen molar-refractivity contribution in [3.05, 3.63) is 0 Å². The highest BCUT2D eigenvalue weighted by atomic mass is 16.3. The van der Waals surface area contributed by atoms with Crippen LogP contribution in [0, 0.1) is 0 Å². The standard InChI is InChI=1S/C10H24N2O2/c1-9(13)5-6-11-7-10(2,14)8-12(3)4/h9,11,13-14H,5-8H2,1-4H3. The number of aliphatic hydroxyl groups excluding tert-OH is 1. The zero-order valence-corrected chi connectivity index (χ0v) is 9.75. The number of hydrogen-bond acceptors (Lipinski definition) is 4. The Hall–Kier alpha value is -0.160. The number of likely N-dealkylation sites (N-methyl/N-ethyl adjacent to an activating group) is 1. The lowest BCUT2D eigenvalue weighted by atomic mass is 10.1. The first-order valence-corrected chi connectivity index (χ1v) is 5.09. The molecule has 0 rings (SSSR count). The predicted molar refractivity (Wildman–Crippen MR) is 58.3 cm³/mol. The molecule has 0 aromatic carbocycles. The van der Waals surface area contributed by atoms with Crippen LogP contribution in [0.5, 0.6) is 0 Å². The maximum atomic E-state index is 9.88. The minimum Gasteiger partial charge on any atom is -0.393 e. The summed E-state index contributed by atoms with van der Waals surface area (Å²) < 4.78 is 0. The van der Waals surface area contributed by atoms with Crippen LogP contribution in [0.4, 0.5) is 0 Å². The fourth-order valence-corrected chi connectivity index (χ4v) is 1.41. The largest absolute Gasteiger partial charge is 0.393 e. The van der Waals surface area contributed by atoms with Gasteiger partial charge < -0.3 is 20.4 Å². The number of aliphatic hydroxyl groups is 2. The summed E-state index contributed by atoms with van der Waals surface area (Å²) in [5.41, 5.74) is -0.706.